The van der Waals surface area contributed by atoms with Gasteiger partial charge in [-0.25, -0.2) is 4.98 Å². The van der Waals surface area contributed by atoms with Crippen molar-refractivity contribution < 1.29 is 4.42 Å². The summed E-state index contributed by atoms with van der Waals surface area (Å²) in [4.78, 5) is 4.22. The maximum absolute atomic E-state index is 6.19. The molecule has 0 aliphatic rings. The summed E-state index contributed by atoms with van der Waals surface area (Å²) >= 11 is 12.1. The Labute approximate surface area is 122 Å². The zero-order valence-electron chi connectivity index (χ0n) is 11.1. The van der Waals surface area contributed by atoms with Gasteiger partial charge in [0.05, 0.1) is 12.2 Å². The smallest absolute Gasteiger partial charge is 0.211 e. The predicted octanol–water partition coefficient (Wildman–Crippen LogP) is 4.70. The van der Waals surface area contributed by atoms with Crippen LogP contribution < -0.4 is 5.32 Å². The molecule has 0 spiro atoms. The standard InChI is InChI=1S/C14H16Cl2N2O/c1-8-7-17-14(19-8)10(3)18-9(2)12-5-4-11(15)6-13(12)16/h4-7,9-10,18H,1-3H3. The Hall–Kier alpha value is -1.03. The topological polar surface area (TPSA) is 38.1 Å². The fourth-order valence-electron chi connectivity index (χ4n) is 1.96. The van der Waals surface area contributed by atoms with E-state index < -0.39 is 0 Å². The van der Waals surface area contributed by atoms with E-state index in [4.69, 9.17) is 27.6 Å². The third-order valence-electron chi connectivity index (χ3n) is 2.94. The molecule has 0 saturated heterocycles. The van der Waals surface area contributed by atoms with Gasteiger partial charge in [0, 0.05) is 16.1 Å². The van der Waals surface area contributed by atoms with Crippen LogP contribution in [-0.4, -0.2) is 4.98 Å². The molecule has 2 atom stereocenters. The highest BCUT2D eigenvalue weighted by atomic mass is 35.5. The van der Waals surface area contributed by atoms with Crippen molar-refractivity contribution in [2.45, 2.75) is 32.9 Å². The van der Waals surface area contributed by atoms with Crippen LogP contribution in [0.15, 0.2) is 28.8 Å². The highest BCUT2D eigenvalue weighted by Gasteiger charge is 2.16. The van der Waals surface area contributed by atoms with E-state index in [-0.39, 0.29) is 12.1 Å². The number of hydrogen-bond acceptors (Lipinski definition) is 3. The van der Waals surface area contributed by atoms with Crippen LogP contribution in [0, 0.1) is 6.92 Å². The van der Waals surface area contributed by atoms with E-state index in [0.717, 1.165) is 11.3 Å². The first-order valence-electron chi connectivity index (χ1n) is 6.10. The maximum Gasteiger partial charge on any atom is 0.211 e. The lowest BCUT2D eigenvalue weighted by atomic mass is 10.1. The largest absolute Gasteiger partial charge is 0.444 e. The van der Waals surface area contributed by atoms with Gasteiger partial charge >= 0.3 is 0 Å². The molecule has 0 aliphatic heterocycles. The molecule has 0 radical (unpaired) electrons. The summed E-state index contributed by atoms with van der Waals surface area (Å²) < 4.78 is 5.50. The van der Waals surface area contributed by atoms with Gasteiger partial charge in [0.15, 0.2) is 0 Å². The summed E-state index contributed by atoms with van der Waals surface area (Å²) in [5, 5.41) is 4.69. The van der Waals surface area contributed by atoms with Crippen LogP contribution >= 0.6 is 23.2 Å². The molecule has 1 N–H and O–H groups in total. The minimum atomic E-state index is 0.00967. The monoisotopic (exact) mass is 298 g/mol. The normalized spacial score (nSPS) is 14.4. The number of aryl methyl sites for hydroxylation is 1. The molecule has 0 aliphatic carbocycles. The first-order chi connectivity index (χ1) is 8.97. The van der Waals surface area contributed by atoms with Crippen LogP contribution in [0.5, 0.6) is 0 Å². The molecule has 2 aromatic rings. The lowest BCUT2D eigenvalue weighted by Crippen LogP contribution is -2.23. The second-order valence-electron chi connectivity index (χ2n) is 4.59. The maximum atomic E-state index is 6.19. The Morgan fingerprint density at radius 1 is 1.21 bits per heavy atom. The minimum Gasteiger partial charge on any atom is -0.444 e. The highest BCUT2D eigenvalue weighted by Crippen LogP contribution is 2.27. The molecule has 0 bridgehead atoms. The lowest BCUT2D eigenvalue weighted by molar-refractivity contribution is 0.380. The Morgan fingerprint density at radius 2 is 1.95 bits per heavy atom. The molecule has 102 valence electrons. The second-order valence-corrected chi connectivity index (χ2v) is 5.43. The first-order valence-corrected chi connectivity index (χ1v) is 6.86. The summed E-state index contributed by atoms with van der Waals surface area (Å²) in [6, 6.07) is 5.59. The number of aromatic nitrogens is 1. The SMILES string of the molecule is Cc1cnc(C(C)NC(C)c2ccc(Cl)cc2Cl)o1. The molecule has 0 fully saturated rings. The Balaban J connectivity index is 2.10. The summed E-state index contributed by atoms with van der Waals surface area (Å²) in [6.45, 7) is 5.93. The molecular formula is C14H16Cl2N2O. The molecule has 1 heterocycles. The predicted molar refractivity (Wildman–Crippen MR) is 77.7 cm³/mol. The molecule has 1 aromatic heterocycles. The molecule has 1 aromatic carbocycles. The van der Waals surface area contributed by atoms with Gasteiger partial charge in [-0.15, -0.1) is 0 Å². The van der Waals surface area contributed by atoms with Crippen molar-refractivity contribution in [3.8, 4) is 0 Å². The fraction of sp³-hybridized carbons (Fsp3) is 0.357. The van der Waals surface area contributed by atoms with Crippen molar-refractivity contribution >= 4 is 23.2 Å². The van der Waals surface area contributed by atoms with Crippen molar-refractivity contribution in [3.63, 3.8) is 0 Å². The van der Waals surface area contributed by atoms with E-state index >= 15 is 0 Å². The third kappa shape index (κ3) is 3.50. The summed E-state index contributed by atoms with van der Waals surface area (Å²) in [7, 11) is 0. The number of halogens is 2. The van der Waals surface area contributed by atoms with Gasteiger partial charge in [0.25, 0.3) is 0 Å². The van der Waals surface area contributed by atoms with Crippen LogP contribution in [0.3, 0.4) is 0 Å². The third-order valence-corrected chi connectivity index (χ3v) is 3.50. The van der Waals surface area contributed by atoms with Crippen molar-refractivity contribution in [1.82, 2.24) is 10.3 Å². The summed E-state index contributed by atoms with van der Waals surface area (Å²) in [6.07, 6.45) is 1.72. The number of hydrogen-bond donors (Lipinski definition) is 1. The molecule has 19 heavy (non-hydrogen) atoms. The van der Waals surface area contributed by atoms with Gasteiger partial charge < -0.3 is 4.42 Å². The van der Waals surface area contributed by atoms with Crippen LogP contribution in [-0.2, 0) is 0 Å². The van der Waals surface area contributed by atoms with E-state index in [0.29, 0.717) is 15.9 Å². The minimum absolute atomic E-state index is 0.00967. The fourth-order valence-corrected chi connectivity index (χ4v) is 2.53. The van der Waals surface area contributed by atoms with Crippen LogP contribution in [0.25, 0.3) is 0 Å². The van der Waals surface area contributed by atoms with E-state index in [1.807, 2.05) is 32.9 Å². The van der Waals surface area contributed by atoms with Gasteiger partial charge in [-0.2, -0.15) is 0 Å². The number of oxazole rings is 1. The second kappa shape index (κ2) is 5.95. The van der Waals surface area contributed by atoms with E-state index in [1.54, 1.807) is 12.3 Å². The number of rotatable bonds is 4. The van der Waals surface area contributed by atoms with E-state index in [9.17, 15) is 0 Å². The van der Waals surface area contributed by atoms with Crippen molar-refractivity contribution in [1.29, 1.82) is 0 Å². The zero-order chi connectivity index (χ0) is 14.0. The molecule has 0 saturated carbocycles. The molecular weight excluding hydrogens is 283 g/mol. The Bertz CT molecular complexity index is 568. The van der Waals surface area contributed by atoms with Gasteiger partial charge in [-0.3, -0.25) is 5.32 Å². The lowest BCUT2D eigenvalue weighted by Gasteiger charge is -2.19. The Kier molecular flexibility index (Phi) is 4.50. The number of nitrogens with zero attached hydrogens (tertiary/aromatic N) is 1. The highest BCUT2D eigenvalue weighted by molar-refractivity contribution is 6.35. The van der Waals surface area contributed by atoms with E-state index in [1.165, 1.54) is 0 Å². The quantitative estimate of drug-likeness (QED) is 0.889. The first kappa shape index (κ1) is 14.4. The van der Waals surface area contributed by atoms with Crippen LogP contribution in [0.4, 0.5) is 0 Å². The summed E-state index contributed by atoms with van der Waals surface area (Å²) in [5.74, 6) is 1.48. The van der Waals surface area contributed by atoms with E-state index in [2.05, 4.69) is 10.3 Å². The molecule has 3 nitrogen and oxygen atoms in total. The zero-order valence-corrected chi connectivity index (χ0v) is 12.6. The summed E-state index contributed by atoms with van der Waals surface area (Å²) in [5.41, 5.74) is 1.00. The number of nitrogens with one attached hydrogen (secondary N) is 1. The molecule has 5 heteroatoms. The van der Waals surface area contributed by atoms with Crippen molar-refractivity contribution in [3.05, 3.63) is 51.7 Å². The van der Waals surface area contributed by atoms with Gasteiger partial charge in [-0.05, 0) is 38.5 Å². The Morgan fingerprint density at radius 3 is 2.53 bits per heavy atom. The van der Waals surface area contributed by atoms with Crippen molar-refractivity contribution in [2.75, 3.05) is 0 Å². The molecule has 2 unspecified atom stereocenters. The number of benzene rings is 1. The van der Waals surface area contributed by atoms with Crippen LogP contribution in [0.2, 0.25) is 10.0 Å². The average Bonchev–Trinajstić information content (AvgIpc) is 2.75. The van der Waals surface area contributed by atoms with Crippen LogP contribution in [0.1, 0.15) is 43.1 Å². The van der Waals surface area contributed by atoms with Crippen molar-refractivity contribution in [2.24, 2.45) is 0 Å². The van der Waals surface area contributed by atoms with Gasteiger partial charge in [0.2, 0.25) is 5.89 Å². The molecule has 0 amide bonds. The average molecular weight is 299 g/mol. The van der Waals surface area contributed by atoms with Gasteiger partial charge in [-0.1, -0.05) is 29.3 Å². The van der Waals surface area contributed by atoms with Gasteiger partial charge in [0.1, 0.15) is 5.76 Å². The molecule has 2 rings (SSSR count).